The molecule has 0 unspecified atom stereocenters. The van der Waals surface area contributed by atoms with Gasteiger partial charge in [-0.05, 0) is 61.7 Å². The largest absolute Gasteiger partial charge is 0.398 e. The second-order valence-corrected chi connectivity index (χ2v) is 13.1. The van der Waals surface area contributed by atoms with Gasteiger partial charge in [0, 0.05) is 56.4 Å². The molecule has 4 aromatic rings. The molecule has 0 saturated carbocycles. The second-order valence-electron chi connectivity index (χ2n) is 12.0. The van der Waals surface area contributed by atoms with Crippen LogP contribution in [0.15, 0.2) is 55.1 Å². The Bertz CT molecular complexity index is 1870. The lowest BCUT2D eigenvalue weighted by Gasteiger charge is -2.28. The maximum atomic E-state index is 13.8. The number of nitrogens with zero attached hydrogens (tertiary/aromatic N) is 8. The van der Waals surface area contributed by atoms with Gasteiger partial charge in [0.1, 0.15) is 17.2 Å². The molecule has 46 heavy (non-hydrogen) atoms. The Kier molecular flexibility index (Phi) is 7.69. The number of amides is 2. The Morgan fingerprint density at radius 3 is 2.70 bits per heavy atom. The number of aromatic nitrogens is 5. The van der Waals surface area contributed by atoms with Gasteiger partial charge in [0.25, 0.3) is 0 Å². The topological polar surface area (TPSA) is 150 Å². The molecule has 6 heterocycles. The first-order chi connectivity index (χ1) is 22.2. The molecular formula is C32H33FN10O2S. The van der Waals surface area contributed by atoms with E-state index in [0.29, 0.717) is 74.0 Å². The maximum absolute atomic E-state index is 13.8. The molecule has 3 aromatic heterocycles. The average molecular weight is 641 g/mol. The minimum absolute atomic E-state index is 0.0267. The lowest BCUT2D eigenvalue weighted by Crippen LogP contribution is -2.43. The fourth-order valence-electron chi connectivity index (χ4n) is 6.49. The molecule has 2 fully saturated rings. The molecule has 1 aromatic carbocycles. The first-order valence-corrected chi connectivity index (χ1v) is 15.9. The van der Waals surface area contributed by atoms with Crippen molar-refractivity contribution in [1.29, 1.82) is 5.41 Å². The smallest absolute Gasteiger partial charge is 0.237 e. The number of hydrogen-bond donors (Lipinski definition) is 2. The van der Waals surface area contributed by atoms with Crippen molar-refractivity contribution in [3.63, 3.8) is 0 Å². The second kappa shape index (κ2) is 11.8. The highest BCUT2D eigenvalue weighted by atomic mass is 32.1. The van der Waals surface area contributed by atoms with Gasteiger partial charge in [-0.3, -0.25) is 29.6 Å². The molecule has 7 rings (SSSR count). The van der Waals surface area contributed by atoms with E-state index in [1.807, 2.05) is 11.9 Å². The van der Waals surface area contributed by atoms with E-state index in [0.717, 1.165) is 28.1 Å². The highest BCUT2D eigenvalue weighted by molar-refractivity contribution is 7.16. The summed E-state index contributed by atoms with van der Waals surface area (Å²) in [5.41, 5.74) is 8.60. The lowest BCUT2D eigenvalue weighted by atomic mass is 9.85. The predicted molar refractivity (Wildman–Crippen MR) is 173 cm³/mol. The van der Waals surface area contributed by atoms with Crippen molar-refractivity contribution in [2.75, 3.05) is 49.9 Å². The first-order valence-electron chi connectivity index (χ1n) is 15.1. The van der Waals surface area contributed by atoms with Gasteiger partial charge in [-0.2, -0.15) is 5.10 Å². The fourth-order valence-corrected chi connectivity index (χ4v) is 7.41. The highest BCUT2D eigenvalue weighted by Gasteiger charge is 2.51. The number of halogens is 1. The van der Waals surface area contributed by atoms with E-state index >= 15 is 0 Å². The number of likely N-dealkylation sites (tertiary alicyclic amines) is 1. The van der Waals surface area contributed by atoms with Crippen molar-refractivity contribution in [3.05, 3.63) is 77.2 Å². The van der Waals surface area contributed by atoms with Crippen molar-refractivity contribution in [3.8, 4) is 10.7 Å². The van der Waals surface area contributed by atoms with Crippen LogP contribution in [0.4, 0.5) is 15.8 Å². The molecule has 236 valence electrons. The number of carbonyl (C=O) groups is 2. The molecule has 2 saturated heterocycles. The SMILES string of the molecule is Cn1cnc(-c2cnc(C3=CCN(C(=O)CN4CC[C@]5(CCN(c6ccc(N)c(C(=N)c7ccc(F)cn7)c6)C5=O)C4)CC3)s2)n1. The van der Waals surface area contributed by atoms with Crippen LogP contribution in [0, 0.1) is 16.6 Å². The number of nitrogens with one attached hydrogen (secondary N) is 1. The van der Waals surface area contributed by atoms with Crippen molar-refractivity contribution in [2.24, 2.45) is 12.5 Å². The third-order valence-electron chi connectivity index (χ3n) is 9.07. The number of pyridine rings is 1. The number of aryl methyl sites for hydroxylation is 1. The van der Waals surface area contributed by atoms with Gasteiger partial charge in [0.15, 0.2) is 5.82 Å². The van der Waals surface area contributed by atoms with E-state index in [-0.39, 0.29) is 24.1 Å². The van der Waals surface area contributed by atoms with Crippen molar-refractivity contribution >= 4 is 45.8 Å². The maximum Gasteiger partial charge on any atom is 0.237 e. The van der Waals surface area contributed by atoms with E-state index in [2.05, 4.69) is 31.0 Å². The number of anilines is 2. The summed E-state index contributed by atoms with van der Waals surface area (Å²) in [6, 6.07) is 7.89. The standard InChI is InChI=1S/C32H33FN10O2S/c1-40-19-38-29(39-40)26-16-37-30(46-26)20-6-10-42(11-7-20)27(44)17-41-12-8-32(18-41)9-13-43(31(32)45)22-3-4-24(34)23(14-22)28(35)25-5-2-21(33)15-36-25/h2-6,14-16,19,35H,7-13,17-18,34H2,1H3/t32-/m0/s1. The van der Waals surface area contributed by atoms with Crippen LogP contribution in [0.1, 0.15) is 35.5 Å². The Morgan fingerprint density at radius 1 is 1.11 bits per heavy atom. The van der Waals surface area contributed by atoms with Crippen LogP contribution in [-0.2, 0) is 16.6 Å². The Hall–Kier alpha value is -4.82. The molecule has 2 amide bonds. The molecule has 14 heteroatoms. The molecule has 1 spiro atoms. The molecule has 0 bridgehead atoms. The summed E-state index contributed by atoms with van der Waals surface area (Å²) in [5.74, 6) is 0.258. The van der Waals surface area contributed by atoms with Gasteiger partial charge in [0.2, 0.25) is 11.8 Å². The summed E-state index contributed by atoms with van der Waals surface area (Å²) in [6.45, 7) is 3.17. The number of carbonyl (C=O) groups excluding carboxylic acids is 2. The summed E-state index contributed by atoms with van der Waals surface area (Å²) in [4.78, 5) is 46.7. The number of hydrogen-bond acceptors (Lipinski definition) is 10. The lowest BCUT2D eigenvalue weighted by molar-refractivity contribution is -0.132. The quantitative estimate of drug-likeness (QED) is 0.231. The molecular weight excluding hydrogens is 607 g/mol. The molecule has 3 aliphatic heterocycles. The van der Waals surface area contributed by atoms with E-state index in [1.54, 1.807) is 51.6 Å². The zero-order valence-electron chi connectivity index (χ0n) is 25.3. The minimum Gasteiger partial charge on any atom is -0.398 e. The Morgan fingerprint density at radius 2 is 1.96 bits per heavy atom. The minimum atomic E-state index is -0.548. The van der Waals surface area contributed by atoms with Crippen LogP contribution in [0.25, 0.3) is 16.3 Å². The van der Waals surface area contributed by atoms with Crippen LogP contribution in [0.2, 0.25) is 0 Å². The van der Waals surface area contributed by atoms with Gasteiger partial charge in [-0.25, -0.2) is 14.4 Å². The number of rotatable bonds is 7. The van der Waals surface area contributed by atoms with Crippen molar-refractivity contribution in [1.82, 2.24) is 34.5 Å². The van der Waals surface area contributed by atoms with Gasteiger partial charge in [0.05, 0.1) is 34.4 Å². The normalized spacial score (nSPS) is 20.1. The van der Waals surface area contributed by atoms with Crippen LogP contribution < -0.4 is 10.6 Å². The van der Waals surface area contributed by atoms with Crippen molar-refractivity contribution < 1.29 is 14.0 Å². The van der Waals surface area contributed by atoms with Gasteiger partial charge < -0.3 is 15.5 Å². The van der Waals surface area contributed by atoms with Crippen molar-refractivity contribution in [2.45, 2.75) is 19.3 Å². The molecule has 3 N–H and O–H groups in total. The molecule has 0 aliphatic carbocycles. The zero-order valence-corrected chi connectivity index (χ0v) is 26.1. The predicted octanol–water partition coefficient (Wildman–Crippen LogP) is 3.22. The third kappa shape index (κ3) is 5.58. The Balaban J connectivity index is 0.966. The molecule has 12 nitrogen and oxygen atoms in total. The van der Waals surface area contributed by atoms with Crippen LogP contribution >= 0.6 is 11.3 Å². The fraction of sp³-hybridized carbons (Fsp3) is 0.344. The first kappa shape index (κ1) is 29.9. The molecule has 3 aliphatic rings. The third-order valence-corrected chi connectivity index (χ3v) is 10.1. The summed E-state index contributed by atoms with van der Waals surface area (Å²) in [7, 11) is 1.83. The summed E-state index contributed by atoms with van der Waals surface area (Å²) < 4.78 is 15.0. The van der Waals surface area contributed by atoms with E-state index in [1.165, 1.54) is 12.1 Å². The highest BCUT2D eigenvalue weighted by Crippen LogP contribution is 2.43. The number of thiazole rings is 1. The van der Waals surface area contributed by atoms with Crippen LogP contribution in [-0.4, -0.2) is 91.3 Å². The number of benzene rings is 1. The molecule has 0 radical (unpaired) electrons. The average Bonchev–Trinajstić information content (AvgIpc) is 3.87. The van der Waals surface area contributed by atoms with E-state index in [9.17, 15) is 14.0 Å². The number of nitrogen functional groups attached to an aromatic ring is 1. The zero-order chi connectivity index (χ0) is 32.0. The summed E-state index contributed by atoms with van der Waals surface area (Å²) in [5, 5.41) is 13.9. The van der Waals surface area contributed by atoms with Crippen LogP contribution in [0.3, 0.4) is 0 Å². The number of nitrogens with two attached hydrogens (primary N) is 1. The molecule has 1 atom stereocenters. The van der Waals surface area contributed by atoms with Gasteiger partial charge >= 0.3 is 0 Å². The summed E-state index contributed by atoms with van der Waals surface area (Å²) >= 11 is 1.56. The van der Waals surface area contributed by atoms with Gasteiger partial charge in [-0.15, -0.1) is 11.3 Å². The monoisotopic (exact) mass is 640 g/mol. The summed E-state index contributed by atoms with van der Waals surface area (Å²) in [6.07, 6.45) is 8.70. The Labute approximate surface area is 268 Å². The van der Waals surface area contributed by atoms with E-state index in [4.69, 9.17) is 11.1 Å². The van der Waals surface area contributed by atoms with E-state index < -0.39 is 11.2 Å². The van der Waals surface area contributed by atoms with Gasteiger partial charge in [-0.1, -0.05) is 6.08 Å². The van der Waals surface area contributed by atoms with Crippen LogP contribution in [0.5, 0.6) is 0 Å².